The van der Waals surface area contributed by atoms with E-state index >= 15 is 0 Å². The van der Waals surface area contributed by atoms with E-state index in [9.17, 15) is 0 Å². The molecular formula is C10H9O2. The van der Waals surface area contributed by atoms with E-state index in [1.165, 1.54) is 0 Å². The highest BCUT2D eigenvalue weighted by molar-refractivity contribution is 5.59. The molecule has 2 rings (SSSR count). The van der Waals surface area contributed by atoms with E-state index in [0.717, 1.165) is 22.5 Å². The Labute approximate surface area is 70.8 Å². The second-order valence-corrected chi connectivity index (χ2v) is 2.88. The average molecular weight is 161 g/mol. The third-order valence-corrected chi connectivity index (χ3v) is 1.77. The maximum Gasteiger partial charge on any atom is 0.181 e. The smallest absolute Gasteiger partial charge is 0.181 e. The summed E-state index contributed by atoms with van der Waals surface area (Å²) in [5, 5.41) is 0. The molecule has 2 heteroatoms. The van der Waals surface area contributed by atoms with Crippen LogP contribution in [0.4, 0.5) is 0 Å². The van der Waals surface area contributed by atoms with Gasteiger partial charge in [0, 0.05) is 0 Å². The minimum Gasteiger partial charge on any atom is -0.464 e. The first kappa shape index (κ1) is 7.22. The summed E-state index contributed by atoms with van der Waals surface area (Å²) in [7, 11) is 0. The van der Waals surface area contributed by atoms with Crippen molar-refractivity contribution in [2.45, 2.75) is 13.8 Å². The van der Waals surface area contributed by atoms with Crippen molar-refractivity contribution in [1.82, 2.24) is 0 Å². The van der Waals surface area contributed by atoms with Gasteiger partial charge in [-0.3, -0.25) is 0 Å². The zero-order valence-corrected chi connectivity index (χ0v) is 7.05. The highest BCUT2D eigenvalue weighted by Gasteiger charge is 2.07. The molecule has 0 bridgehead atoms. The normalized spacial score (nSPS) is 10.5. The van der Waals surface area contributed by atoms with Crippen LogP contribution in [0.2, 0.25) is 0 Å². The first-order chi connectivity index (χ1) is 5.77. The van der Waals surface area contributed by atoms with Gasteiger partial charge in [0.15, 0.2) is 6.26 Å². The largest absolute Gasteiger partial charge is 0.464 e. The van der Waals surface area contributed by atoms with Crippen molar-refractivity contribution in [2.24, 2.45) is 0 Å². The summed E-state index contributed by atoms with van der Waals surface area (Å²) in [5.74, 6) is 0.818. The monoisotopic (exact) mass is 161 g/mol. The lowest BCUT2D eigenvalue weighted by Gasteiger charge is -1.88. The topological polar surface area (TPSA) is 26.3 Å². The van der Waals surface area contributed by atoms with Crippen LogP contribution < -0.4 is 0 Å². The Morgan fingerprint density at radius 1 is 1.25 bits per heavy atom. The highest BCUT2D eigenvalue weighted by atomic mass is 16.3. The molecule has 0 aliphatic carbocycles. The fraction of sp³-hybridized carbons (Fsp3) is 0.200. The van der Waals surface area contributed by atoms with Gasteiger partial charge < -0.3 is 8.83 Å². The Morgan fingerprint density at radius 3 is 2.58 bits per heavy atom. The van der Waals surface area contributed by atoms with Gasteiger partial charge in [0.1, 0.15) is 5.76 Å². The predicted molar refractivity (Wildman–Crippen MR) is 44.7 cm³/mol. The van der Waals surface area contributed by atoms with Crippen LogP contribution in [0.3, 0.4) is 0 Å². The van der Waals surface area contributed by atoms with E-state index in [1.54, 1.807) is 12.5 Å². The first-order valence-corrected chi connectivity index (χ1v) is 3.78. The molecule has 0 aromatic carbocycles. The Hall–Kier alpha value is -1.44. The Kier molecular flexibility index (Phi) is 1.54. The van der Waals surface area contributed by atoms with Crippen molar-refractivity contribution in [1.29, 1.82) is 0 Å². The number of hydrogen-bond acceptors (Lipinski definition) is 2. The molecule has 0 unspecified atom stereocenters. The molecule has 0 saturated heterocycles. The second kappa shape index (κ2) is 2.55. The van der Waals surface area contributed by atoms with Crippen LogP contribution in [0.5, 0.6) is 0 Å². The standard InChI is InChI=1S/C10H9O2/c1-7-3-10(12-4-7)9-6-11-5-8(9)2/h3-5H,1-2H3. The SMILES string of the molecule is Cc1coc(-c2[c]occ2C)c1. The average Bonchev–Trinajstić information content (AvgIpc) is 2.58. The summed E-state index contributed by atoms with van der Waals surface area (Å²) in [4.78, 5) is 0. The number of furan rings is 2. The summed E-state index contributed by atoms with van der Waals surface area (Å²) in [6.45, 7) is 3.95. The highest BCUT2D eigenvalue weighted by Crippen LogP contribution is 2.25. The molecule has 2 aromatic heterocycles. The van der Waals surface area contributed by atoms with E-state index in [2.05, 4.69) is 6.26 Å². The van der Waals surface area contributed by atoms with Crippen molar-refractivity contribution >= 4 is 0 Å². The molecule has 0 aliphatic rings. The summed E-state index contributed by atoms with van der Waals surface area (Å²) in [5.41, 5.74) is 3.06. The lowest BCUT2D eigenvalue weighted by Crippen LogP contribution is -1.71. The molecule has 0 aliphatic heterocycles. The molecule has 0 saturated carbocycles. The first-order valence-electron chi connectivity index (χ1n) is 3.78. The lowest BCUT2D eigenvalue weighted by atomic mass is 10.1. The Morgan fingerprint density at radius 2 is 2.08 bits per heavy atom. The van der Waals surface area contributed by atoms with E-state index < -0.39 is 0 Å². The molecule has 0 amide bonds. The molecule has 0 atom stereocenters. The minimum atomic E-state index is 0.818. The van der Waals surface area contributed by atoms with E-state index in [-0.39, 0.29) is 0 Å². The van der Waals surface area contributed by atoms with Crippen LogP contribution in [0.25, 0.3) is 11.3 Å². The van der Waals surface area contributed by atoms with Crippen molar-refractivity contribution in [3.8, 4) is 11.3 Å². The van der Waals surface area contributed by atoms with Gasteiger partial charge in [0.25, 0.3) is 0 Å². The van der Waals surface area contributed by atoms with Crippen molar-refractivity contribution in [3.05, 3.63) is 36.0 Å². The third-order valence-electron chi connectivity index (χ3n) is 1.77. The van der Waals surface area contributed by atoms with Gasteiger partial charge in [-0.1, -0.05) is 0 Å². The van der Waals surface area contributed by atoms with Gasteiger partial charge in [0.05, 0.1) is 18.1 Å². The molecule has 2 aromatic rings. The zero-order valence-electron chi connectivity index (χ0n) is 7.05. The third kappa shape index (κ3) is 1.05. The van der Waals surface area contributed by atoms with Crippen molar-refractivity contribution in [2.75, 3.05) is 0 Å². The summed E-state index contributed by atoms with van der Waals surface area (Å²) < 4.78 is 10.2. The minimum absolute atomic E-state index is 0.818. The molecule has 0 N–H and O–H groups in total. The fourth-order valence-corrected chi connectivity index (χ4v) is 1.12. The predicted octanol–water partition coefficient (Wildman–Crippen LogP) is 2.96. The molecule has 1 radical (unpaired) electrons. The summed E-state index contributed by atoms with van der Waals surface area (Å²) in [6.07, 6.45) is 6.14. The number of rotatable bonds is 1. The van der Waals surface area contributed by atoms with Crippen LogP contribution in [0.15, 0.2) is 27.4 Å². The van der Waals surface area contributed by atoms with Crippen molar-refractivity contribution in [3.63, 3.8) is 0 Å². The van der Waals surface area contributed by atoms with Crippen LogP contribution in [-0.2, 0) is 0 Å². The van der Waals surface area contributed by atoms with Gasteiger partial charge in [0.2, 0.25) is 0 Å². The van der Waals surface area contributed by atoms with E-state index in [4.69, 9.17) is 8.83 Å². The number of hydrogen-bond donors (Lipinski definition) is 0. The molecule has 0 fully saturated rings. The van der Waals surface area contributed by atoms with Crippen LogP contribution in [0, 0.1) is 20.1 Å². The zero-order chi connectivity index (χ0) is 8.55. The molecule has 2 nitrogen and oxygen atoms in total. The molecular weight excluding hydrogens is 152 g/mol. The summed E-state index contributed by atoms with van der Waals surface area (Å²) >= 11 is 0. The molecule has 12 heavy (non-hydrogen) atoms. The second-order valence-electron chi connectivity index (χ2n) is 2.88. The quantitative estimate of drug-likeness (QED) is 0.642. The maximum atomic E-state index is 5.30. The lowest BCUT2D eigenvalue weighted by molar-refractivity contribution is 0.551. The van der Waals surface area contributed by atoms with Gasteiger partial charge in [-0.2, -0.15) is 0 Å². The van der Waals surface area contributed by atoms with Gasteiger partial charge >= 0.3 is 0 Å². The Bertz CT molecular complexity index is 382. The van der Waals surface area contributed by atoms with Gasteiger partial charge in [-0.15, -0.1) is 0 Å². The van der Waals surface area contributed by atoms with Crippen molar-refractivity contribution < 1.29 is 8.83 Å². The Balaban J connectivity index is 2.50. The maximum absolute atomic E-state index is 5.30. The molecule has 61 valence electrons. The number of aryl methyl sites for hydroxylation is 2. The van der Waals surface area contributed by atoms with Gasteiger partial charge in [-0.25, -0.2) is 0 Å². The van der Waals surface area contributed by atoms with Crippen LogP contribution >= 0.6 is 0 Å². The van der Waals surface area contributed by atoms with Gasteiger partial charge in [-0.05, 0) is 31.0 Å². The van der Waals surface area contributed by atoms with E-state index in [0.29, 0.717) is 0 Å². The molecule has 2 heterocycles. The van der Waals surface area contributed by atoms with E-state index in [1.807, 2.05) is 19.9 Å². The summed E-state index contributed by atoms with van der Waals surface area (Å²) in [6, 6.07) is 1.97. The van der Waals surface area contributed by atoms with Crippen LogP contribution in [0.1, 0.15) is 11.1 Å². The molecule has 0 spiro atoms. The van der Waals surface area contributed by atoms with Crippen LogP contribution in [-0.4, -0.2) is 0 Å². The fourth-order valence-electron chi connectivity index (χ4n) is 1.12.